The quantitative estimate of drug-likeness (QED) is 0.501. The first-order chi connectivity index (χ1) is 6.70. The molecule has 1 aliphatic heterocycles. The number of aliphatic imine (C=N–C) groups is 1. The monoisotopic (exact) mass is 189 g/mol. The van der Waals surface area contributed by atoms with Gasteiger partial charge >= 0.3 is 0 Å². The molecule has 0 fully saturated rings. The topological polar surface area (TPSA) is 44.7 Å². The number of nitrogens with zero attached hydrogens (tertiary/aromatic N) is 2. The van der Waals surface area contributed by atoms with Crippen molar-refractivity contribution in [3.05, 3.63) is 23.5 Å². The fourth-order valence-corrected chi connectivity index (χ4v) is 1.16. The van der Waals surface area contributed by atoms with E-state index in [1.165, 1.54) is 6.21 Å². The maximum atomic E-state index is 11.5. The zero-order chi connectivity index (χ0) is 10.6. The highest BCUT2D eigenvalue weighted by atomic mass is 16.2. The van der Waals surface area contributed by atoms with Crippen LogP contribution in [0, 0.1) is 0 Å². The summed E-state index contributed by atoms with van der Waals surface area (Å²) in [5.41, 5.74) is 1.32. The van der Waals surface area contributed by atoms with Crippen LogP contribution in [0.15, 0.2) is 28.5 Å². The molecule has 1 rings (SSSR count). The van der Waals surface area contributed by atoms with Gasteiger partial charge in [0, 0.05) is 31.7 Å². The van der Waals surface area contributed by atoms with Crippen molar-refractivity contribution < 1.29 is 4.79 Å². The molecule has 1 N–H and O–H groups in total. The largest absolute Gasteiger partial charge is 0.389 e. The zero-order valence-corrected chi connectivity index (χ0v) is 8.32. The van der Waals surface area contributed by atoms with E-state index in [0.717, 1.165) is 10.5 Å². The van der Waals surface area contributed by atoms with Crippen LogP contribution in [0.2, 0.25) is 0 Å². The third-order valence-corrected chi connectivity index (χ3v) is 1.89. The fraction of sp³-hybridized carbons (Fsp3) is 0.333. The molecule has 1 heterocycles. The molecule has 0 spiro atoms. The van der Waals surface area contributed by atoms with E-state index in [9.17, 15) is 4.79 Å². The van der Waals surface area contributed by atoms with Gasteiger partial charge in [-0.15, -0.1) is 0 Å². The third-order valence-electron chi connectivity index (χ3n) is 1.89. The van der Waals surface area contributed by atoms with Crippen molar-refractivity contribution in [2.75, 3.05) is 13.6 Å². The van der Waals surface area contributed by atoms with Crippen LogP contribution in [-0.4, -0.2) is 38.5 Å². The summed E-state index contributed by atoms with van der Waals surface area (Å²) in [6, 6.07) is 0. The Morgan fingerprint density at radius 1 is 1.64 bits per heavy atom. The molecule has 72 valence electrons. The second-order valence-corrected chi connectivity index (χ2v) is 2.84. The lowest BCUT2D eigenvalue weighted by Crippen LogP contribution is -2.24. The second-order valence-electron chi connectivity index (χ2n) is 2.84. The molecule has 2 radical (unpaired) electrons. The molecule has 0 unspecified atom stereocenters. The number of rotatable bonds is 3. The van der Waals surface area contributed by atoms with Crippen LogP contribution in [0.1, 0.15) is 6.92 Å². The van der Waals surface area contributed by atoms with Gasteiger partial charge in [-0.1, -0.05) is 6.08 Å². The van der Waals surface area contributed by atoms with Gasteiger partial charge in [-0.25, -0.2) is 0 Å². The van der Waals surface area contributed by atoms with Crippen molar-refractivity contribution in [3.63, 3.8) is 0 Å². The van der Waals surface area contributed by atoms with Crippen LogP contribution in [0.25, 0.3) is 0 Å². The number of likely N-dealkylation sites (N-methyl/N-ethyl adjacent to an activating group) is 1. The van der Waals surface area contributed by atoms with Gasteiger partial charge in [0.05, 0.1) is 5.57 Å². The first-order valence-corrected chi connectivity index (χ1v) is 4.32. The molecular formula is C9H12BN3O. The lowest BCUT2D eigenvalue weighted by Gasteiger charge is -2.07. The third kappa shape index (κ3) is 2.04. The Labute approximate surface area is 84.8 Å². The normalized spacial score (nSPS) is 17.9. The van der Waals surface area contributed by atoms with Gasteiger partial charge in [0.2, 0.25) is 13.9 Å². The predicted molar refractivity (Wildman–Crippen MR) is 56.9 cm³/mol. The van der Waals surface area contributed by atoms with E-state index < -0.39 is 0 Å². The number of hydrogen-bond acceptors (Lipinski definition) is 3. The Morgan fingerprint density at radius 2 is 2.36 bits per heavy atom. The van der Waals surface area contributed by atoms with Gasteiger partial charge in [0.25, 0.3) is 0 Å². The van der Waals surface area contributed by atoms with Crippen LogP contribution in [0.3, 0.4) is 0 Å². The second kappa shape index (κ2) is 4.65. The van der Waals surface area contributed by atoms with Crippen molar-refractivity contribution >= 4 is 20.1 Å². The van der Waals surface area contributed by atoms with E-state index in [1.54, 1.807) is 19.3 Å². The van der Waals surface area contributed by atoms with Gasteiger partial charge in [0.1, 0.15) is 0 Å². The van der Waals surface area contributed by atoms with Crippen LogP contribution < -0.4 is 5.32 Å². The summed E-state index contributed by atoms with van der Waals surface area (Å²) in [5, 5.41) is 2.92. The lowest BCUT2D eigenvalue weighted by atomic mass is 10.2. The average Bonchev–Trinajstić information content (AvgIpc) is 2.45. The van der Waals surface area contributed by atoms with Crippen molar-refractivity contribution in [2.24, 2.45) is 4.99 Å². The summed E-state index contributed by atoms with van der Waals surface area (Å²) in [6.45, 7) is 2.27. The summed E-state index contributed by atoms with van der Waals surface area (Å²) in [5.74, 6) is -0.206. The van der Waals surface area contributed by atoms with E-state index >= 15 is 0 Å². The van der Waals surface area contributed by atoms with E-state index in [0.29, 0.717) is 12.1 Å². The number of hydrogen-bond donors (Lipinski definition) is 1. The van der Waals surface area contributed by atoms with Crippen molar-refractivity contribution in [3.8, 4) is 0 Å². The Morgan fingerprint density at radius 3 is 2.93 bits per heavy atom. The molecule has 1 aliphatic rings. The highest BCUT2D eigenvalue weighted by molar-refractivity contribution is 6.26. The number of carbonyl (C=O) groups is 1. The minimum absolute atomic E-state index is 0.206. The average molecular weight is 189 g/mol. The number of carbonyl (C=O) groups excluding carboxylic acids is 1. The van der Waals surface area contributed by atoms with Gasteiger partial charge in [-0.2, -0.15) is 0 Å². The smallest absolute Gasteiger partial charge is 0.244 e. The molecule has 0 saturated heterocycles. The molecule has 5 heteroatoms. The maximum absolute atomic E-state index is 11.5. The van der Waals surface area contributed by atoms with Gasteiger partial charge in [-0.05, 0) is 6.92 Å². The summed E-state index contributed by atoms with van der Waals surface area (Å²) >= 11 is 0. The zero-order valence-electron chi connectivity index (χ0n) is 8.32. The first-order valence-electron chi connectivity index (χ1n) is 4.32. The fourth-order valence-electron chi connectivity index (χ4n) is 1.16. The van der Waals surface area contributed by atoms with Crippen LogP contribution >= 0.6 is 0 Å². The van der Waals surface area contributed by atoms with Crippen molar-refractivity contribution in [1.82, 2.24) is 10.1 Å². The first kappa shape index (κ1) is 10.6. The van der Waals surface area contributed by atoms with E-state index in [1.807, 2.05) is 6.92 Å². The minimum Gasteiger partial charge on any atom is -0.389 e. The molecule has 1 amide bonds. The molecule has 14 heavy (non-hydrogen) atoms. The molecule has 0 saturated carbocycles. The highest BCUT2D eigenvalue weighted by Crippen LogP contribution is 2.12. The molecule has 0 aliphatic carbocycles. The molecule has 4 nitrogen and oxygen atoms in total. The Hall–Kier alpha value is -1.52. The molecule has 0 aromatic carbocycles. The Kier molecular flexibility index (Phi) is 3.51. The number of amides is 1. The minimum atomic E-state index is -0.206. The molecule has 0 aromatic heterocycles. The maximum Gasteiger partial charge on any atom is 0.244 e. The standard InChI is InChI=1S/C9H12BN3O/c1-3-4-12-5-7-8(11-2)6-13(10)9(7)14/h3-5,11H,6H2,1-2H3/b4-3+,12-5?. The van der Waals surface area contributed by atoms with Crippen LogP contribution in [-0.2, 0) is 4.79 Å². The van der Waals surface area contributed by atoms with Crippen LogP contribution in [0.5, 0.6) is 0 Å². The predicted octanol–water partition coefficient (Wildman–Crippen LogP) is -0.0100. The van der Waals surface area contributed by atoms with Gasteiger partial charge in [-0.3, -0.25) is 9.79 Å². The van der Waals surface area contributed by atoms with Crippen molar-refractivity contribution in [1.29, 1.82) is 0 Å². The molecule has 0 atom stereocenters. The van der Waals surface area contributed by atoms with E-state index in [-0.39, 0.29) is 5.91 Å². The summed E-state index contributed by atoms with van der Waals surface area (Å²) in [6.07, 6.45) is 4.92. The highest BCUT2D eigenvalue weighted by Gasteiger charge is 2.24. The summed E-state index contributed by atoms with van der Waals surface area (Å²) in [7, 11) is 7.22. The Bertz CT molecular complexity index is 320. The summed E-state index contributed by atoms with van der Waals surface area (Å²) in [4.78, 5) is 16.6. The lowest BCUT2D eigenvalue weighted by molar-refractivity contribution is -0.120. The molecular weight excluding hydrogens is 177 g/mol. The van der Waals surface area contributed by atoms with Crippen molar-refractivity contribution in [2.45, 2.75) is 6.92 Å². The van der Waals surface area contributed by atoms with E-state index in [4.69, 9.17) is 7.98 Å². The van der Waals surface area contributed by atoms with Crippen LogP contribution in [0.4, 0.5) is 0 Å². The SMILES string of the molecule is [B]N1CC(NC)=C(C=N/C=C/C)C1=O. The molecule has 0 bridgehead atoms. The van der Waals surface area contributed by atoms with Gasteiger partial charge in [0.15, 0.2) is 0 Å². The van der Waals surface area contributed by atoms with E-state index in [2.05, 4.69) is 10.3 Å². The Balaban J connectivity index is 2.86. The number of allylic oxidation sites excluding steroid dienone is 1. The molecule has 0 aromatic rings. The summed E-state index contributed by atoms with van der Waals surface area (Å²) < 4.78 is 0. The van der Waals surface area contributed by atoms with Gasteiger partial charge < -0.3 is 10.1 Å². The number of nitrogens with one attached hydrogen (secondary N) is 1.